The first kappa shape index (κ1) is 16.9. The van der Waals surface area contributed by atoms with E-state index in [-0.39, 0.29) is 0 Å². The summed E-state index contributed by atoms with van der Waals surface area (Å²) < 4.78 is 1.09. The highest BCUT2D eigenvalue weighted by atomic mass is 79.9. The number of pyridine rings is 1. The van der Waals surface area contributed by atoms with Crippen molar-refractivity contribution in [1.82, 2.24) is 4.98 Å². The third-order valence-corrected chi connectivity index (χ3v) is 4.79. The average Bonchev–Trinajstić information content (AvgIpc) is 2.63. The predicted molar refractivity (Wildman–Crippen MR) is 106 cm³/mol. The second-order valence-corrected chi connectivity index (χ2v) is 7.01. The molecular formula is C22H22BrN. The van der Waals surface area contributed by atoms with Crippen LogP contribution in [0.25, 0.3) is 22.4 Å². The normalized spacial score (nSPS) is 10.8. The third-order valence-electron chi connectivity index (χ3n) is 4.26. The lowest BCUT2D eigenvalue weighted by molar-refractivity contribution is 0.717. The van der Waals surface area contributed by atoms with Crippen LogP contribution in [-0.4, -0.2) is 4.98 Å². The predicted octanol–water partition coefficient (Wildman–Crippen LogP) is 6.91. The minimum atomic E-state index is 1.00. The van der Waals surface area contributed by atoms with Crippen molar-refractivity contribution in [2.75, 3.05) is 0 Å². The molecule has 0 spiro atoms. The van der Waals surface area contributed by atoms with Gasteiger partial charge in [0.25, 0.3) is 0 Å². The van der Waals surface area contributed by atoms with Gasteiger partial charge in [-0.05, 0) is 42.2 Å². The summed E-state index contributed by atoms with van der Waals surface area (Å²) in [4.78, 5) is 4.62. The summed E-state index contributed by atoms with van der Waals surface area (Å²) in [5.41, 5.74) is 5.95. The molecule has 0 saturated heterocycles. The molecule has 3 aromatic rings. The van der Waals surface area contributed by atoms with Gasteiger partial charge in [0.1, 0.15) is 0 Å². The van der Waals surface area contributed by atoms with Gasteiger partial charge in [0.15, 0.2) is 0 Å². The number of aryl methyl sites for hydroxylation is 1. The van der Waals surface area contributed by atoms with Crippen molar-refractivity contribution >= 4 is 15.9 Å². The first-order chi connectivity index (χ1) is 11.8. The molecule has 0 amide bonds. The minimum Gasteiger partial charge on any atom is -0.256 e. The van der Waals surface area contributed by atoms with Crippen molar-refractivity contribution < 1.29 is 0 Å². The van der Waals surface area contributed by atoms with Gasteiger partial charge in [-0.2, -0.15) is 0 Å². The van der Waals surface area contributed by atoms with Crippen LogP contribution in [0.2, 0.25) is 0 Å². The van der Waals surface area contributed by atoms with Crippen LogP contribution in [0.15, 0.2) is 71.3 Å². The standard InChI is InChI=1S/C22H22BrN/c1-2-3-4-5-17-6-8-18(9-7-17)20-12-15-22(24-16-20)19-10-13-21(23)14-11-19/h6-16H,2-5H2,1H3. The van der Waals surface area contributed by atoms with Gasteiger partial charge in [-0.15, -0.1) is 0 Å². The zero-order chi connectivity index (χ0) is 16.8. The molecule has 2 heteroatoms. The maximum atomic E-state index is 4.62. The fourth-order valence-electron chi connectivity index (χ4n) is 2.80. The summed E-state index contributed by atoms with van der Waals surface area (Å²) in [5, 5.41) is 0. The maximum absolute atomic E-state index is 4.62. The Balaban J connectivity index is 1.72. The molecule has 24 heavy (non-hydrogen) atoms. The molecule has 0 unspecified atom stereocenters. The van der Waals surface area contributed by atoms with E-state index in [0.29, 0.717) is 0 Å². The van der Waals surface area contributed by atoms with Crippen molar-refractivity contribution in [3.8, 4) is 22.4 Å². The number of nitrogens with zero attached hydrogens (tertiary/aromatic N) is 1. The lowest BCUT2D eigenvalue weighted by Gasteiger charge is -2.06. The van der Waals surface area contributed by atoms with Crippen LogP contribution in [0.3, 0.4) is 0 Å². The van der Waals surface area contributed by atoms with Gasteiger partial charge in [-0.1, -0.05) is 78.2 Å². The summed E-state index contributed by atoms with van der Waals surface area (Å²) >= 11 is 3.47. The lowest BCUT2D eigenvalue weighted by Crippen LogP contribution is -1.87. The third kappa shape index (κ3) is 4.33. The highest BCUT2D eigenvalue weighted by Gasteiger charge is 2.02. The van der Waals surface area contributed by atoms with Gasteiger partial charge in [0.05, 0.1) is 5.69 Å². The molecule has 0 saturated carbocycles. The van der Waals surface area contributed by atoms with Gasteiger partial charge in [0, 0.05) is 21.8 Å². The number of aromatic nitrogens is 1. The molecule has 1 heterocycles. The zero-order valence-electron chi connectivity index (χ0n) is 14.0. The number of rotatable bonds is 6. The van der Waals surface area contributed by atoms with E-state index in [9.17, 15) is 0 Å². The van der Waals surface area contributed by atoms with E-state index in [1.165, 1.54) is 36.8 Å². The van der Waals surface area contributed by atoms with Gasteiger partial charge < -0.3 is 0 Å². The highest BCUT2D eigenvalue weighted by molar-refractivity contribution is 9.10. The van der Waals surface area contributed by atoms with Gasteiger partial charge in [-0.3, -0.25) is 4.98 Å². The summed E-state index contributed by atoms with van der Waals surface area (Å²) in [6.07, 6.45) is 7.00. The summed E-state index contributed by atoms with van der Waals surface area (Å²) in [7, 11) is 0. The molecule has 0 N–H and O–H groups in total. The summed E-state index contributed by atoms with van der Waals surface area (Å²) in [6, 6.07) is 21.4. The average molecular weight is 380 g/mol. The van der Waals surface area contributed by atoms with Crippen molar-refractivity contribution in [2.24, 2.45) is 0 Å². The number of unbranched alkanes of at least 4 members (excludes halogenated alkanes) is 2. The van der Waals surface area contributed by atoms with E-state index < -0.39 is 0 Å². The topological polar surface area (TPSA) is 12.9 Å². The van der Waals surface area contributed by atoms with Gasteiger partial charge in [0.2, 0.25) is 0 Å². The second kappa shape index (κ2) is 8.25. The summed E-state index contributed by atoms with van der Waals surface area (Å²) in [6.45, 7) is 2.24. The highest BCUT2D eigenvalue weighted by Crippen LogP contribution is 2.24. The molecule has 122 valence electrons. The van der Waals surface area contributed by atoms with Crippen molar-refractivity contribution in [1.29, 1.82) is 0 Å². The molecule has 0 aliphatic heterocycles. The van der Waals surface area contributed by atoms with Gasteiger partial charge in [-0.25, -0.2) is 0 Å². The smallest absolute Gasteiger partial charge is 0.0702 e. The van der Waals surface area contributed by atoms with Gasteiger partial charge >= 0.3 is 0 Å². The van der Waals surface area contributed by atoms with Crippen LogP contribution in [0.5, 0.6) is 0 Å². The van der Waals surface area contributed by atoms with E-state index in [1.54, 1.807) is 0 Å². The van der Waals surface area contributed by atoms with Crippen molar-refractivity contribution in [3.63, 3.8) is 0 Å². The molecule has 1 aromatic heterocycles. The second-order valence-electron chi connectivity index (χ2n) is 6.09. The Bertz CT molecular complexity index is 759. The maximum Gasteiger partial charge on any atom is 0.0702 e. The van der Waals surface area contributed by atoms with Crippen molar-refractivity contribution in [2.45, 2.75) is 32.6 Å². The Morgan fingerprint density at radius 1 is 0.750 bits per heavy atom. The number of halogens is 1. The Labute approximate surface area is 152 Å². The Kier molecular flexibility index (Phi) is 5.81. The monoisotopic (exact) mass is 379 g/mol. The van der Waals surface area contributed by atoms with E-state index in [0.717, 1.165) is 21.3 Å². The van der Waals surface area contributed by atoms with Crippen LogP contribution in [0, 0.1) is 0 Å². The van der Waals surface area contributed by atoms with Crippen LogP contribution >= 0.6 is 15.9 Å². The molecule has 0 bridgehead atoms. The first-order valence-corrected chi connectivity index (χ1v) is 9.37. The zero-order valence-corrected chi connectivity index (χ0v) is 15.6. The number of benzene rings is 2. The van der Waals surface area contributed by atoms with E-state index in [2.05, 4.69) is 76.4 Å². The molecule has 2 aromatic carbocycles. The molecule has 0 aliphatic carbocycles. The minimum absolute atomic E-state index is 1.00. The lowest BCUT2D eigenvalue weighted by atomic mass is 10.0. The number of hydrogen-bond donors (Lipinski definition) is 0. The van der Waals surface area contributed by atoms with E-state index in [1.807, 2.05) is 18.3 Å². The molecule has 0 radical (unpaired) electrons. The fraction of sp³-hybridized carbons (Fsp3) is 0.227. The molecule has 0 atom stereocenters. The molecule has 1 nitrogen and oxygen atoms in total. The van der Waals surface area contributed by atoms with E-state index >= 15 is 0 Å². The Morgan fingerprint density at radius 2 is 1.42 bits per heavy atom. The molecular weight excluding hydrogens is 358 g/mol. The van der Waals surface area contributed by atoms with E-state index in [4.69, 9.17) is 0 Å². The fourth-order valence-corrected chi connectivity index (χ4v) is 3.06. The Hall–Kier alpha value is -1.93. The first-order valence-electron chi connectivity index (χ1n) is 8.57. The molecule has 0 fully saturated rings. The Morgan fingerprint density at radius 3 is 2.04 bits per heavy atom. The van der Waals surface area contributed by atoms with Crippen molar-refractivity contribution in [3.05, 3.63) is 76.9 Å². The quantitative estimate of drug-likeness (QED) is 0.423. The molecule has 0 aliphatic rings. The van der Waals surface area contributed by atoms with Crippen LogP contribution in [-0.2, 0) is 6.42 Å². The van der Waals surface area contributed by atoms with Crippen LogP contribution in [0.1, 0.15) is 31.7 Å². The number of hydrogen-bond acceptors (Lipinski definition) is 1. The molecule has 3 rings (SSSR count). The van der Waals surface area contributed by atoms with Crippen LogP contribution in [0.4, 0.5) is 0 Å². The SMILES string of the molecule is CCCCCc1ccc(-c2ccc(-c3ccc(Br)cc3)nc2)cc1. The van der Waals surface area contributed by atoms with Crippen LogP contribution < -0.4 is 0 Å². The largest absolute Gasteiger partial charge is 0.256 e. The summed E-state index contributed by atoms with van der Waals surface area (Å²) in [5.74, 6) is 0.